The number of hydrogen-bond acceptors (Lipinski definition) is 21. The molecule has 4 aromatic rings. The number of rotatable bonds is 20. The van der Waals surface area contributed by atoms with Gasteiger partial charge in [-0.25, -0.2) is 33.7 Å². The number of benzene rings is 1. The Balaban J connectivity index is 1.08. The molecule has 6 rings (SSSR count). The minimum absolute atomic E-state index is 0.00342. The number of phosphoric acid groups is 2. The molecule has 1 amide bonds. The summed E-state index contributed by atoms with van der Waals surface area (Å²) in [7, 11) is -10.3. The van der Waals surface area contributed by atoms with Crippen molar-refractivity contribution in [1.29, 1.82) is 0 Å². The molecule has 2 saturated heterocycles. The molecular weight excluding hydrogens is 896 g/mol. The zero-order chi connectivity index (χ0) is 46.2. The first kappa shape index (κ1) is 47.8. The van der Waals surface area contributed by atoms with Crippen LogP contribution in [0.4, 0.5) is 22.1 Å². The van der Waals surface area contributed by atoms with Crippen molar-refractivity contribution in [2.75, 3.05) is 31.2 Å². The van der Waals surface area contributed by atoms with E-state index in [4.69, 9.17) is 50.7 Å². The Morgan fingerprint density at radius 2 is 1.81 bits per heavy atom. The van der Waals surface area contributed by atoms with E-state index < -0.39 is 95.6 Å². The van der Waals surface area contributed by atoms with Crippen molar-refractivity contribution in [3.8, 4) is 0 Å². The quantitative estimate of drug-likeness (QED) is 0.0151. The molecule has 1 aromatic carbocycles. The molecule has 346 valence electrons. The van der Waals surface area contributed by atoms with Crippen molar-refractivity contribution in [2.24, 2.45) is 10.8 Å². The summed E-state index contributed by atoms with van der Waals surface area (Å²) in [6.45, 7) is -1.73. The highest BCUT2D eigenvalue weighted by Crippen LogP contribution is 2.50. The van der Waals surface area contributed by atoms with Crippen LogP contribution in [-0.4, -0.2) is 117 Å². The number of esters is 1. The molecule has 0 radical (unpaired) electrons. The topological polar surface area (TPSA) is 431 Å². The lowest BCUT2D eigenvalue weighted by Gasteiger charge is -2.24. The molecular formula is C33H43N13O16P2. The third kappa shape index (κ3) is 12.3. The average Bonchev–Trinajstić information content (AvgIpc) is 3.93. The predicted octanol–water partition coefficient (Wildman–Crippen LogP) is 0.683. The van der Waals surface area contributed by atoms with Gasteiger partial charge in [0.1, 0.15) is 61.0 Å². The number of phosphoric ester groups is 2. The van der Waals surface area contributed by atoms with E-state index in [2.05, 4.69) is 39.8 Å². The number of ether oxygens (including phenoxy) is 4. The fraction of sp³-hybridized carbons (Fsp3) is 0.485. The number of aromatic nitrogens is 6. The maximum Gasteiger partial charge on any atom is 0.472 e. The number of unbranched alkanes of at least 4 members (excludes halogenated alkanes) is 1. The Labute approximate surface area is 360 Å². The summed E-state index contributed by atoms with van der Waals surface area (Å²) in [5.41, 5.74) is 26.5. The molecule has 31 heteroatoms. The Morgan fingerprint density at radius 1 is 1.05 bits per heavy atom. The van der Waals surface area contributed by atoms with E-state index in [0.29, 0.717) is 24.1 Å². The van der Waals surface area contributed by atoms with E-state index in [9.17, 15) is 43.3 Å². The highest BCUT2D eigenvalue weighted by atomic mass is 31.2. The molecule has 11 N–H and O–H groups in total. The van der Waals surface area contributed by atoms with Crippen LogP contribution >= 0.6 is 15.6 Å². The van der Waals surface area contributed by atoms with Crippen LogP contribution in [0.1, 0.15) is 43.7 Å². The van der Waals surface area contributed by atoms with E-state index in [1.165, 1.54) is 23.2 Å². The molecule has 2 fully saturated rings. The molecule has 5 heterocycles. The average molecular weight is 940 g/mol. The number of nitrogen functional groups attached to an aromatic ring is 2. The van der Waals surface area contributed by atoms with Crippen molar-refractivity contribution >= 4 is 56.2 Å². The first-order chi connectivity index (χ1) is 30.4. The maximum absolute atomic E-state index is 13.4. The van der Waals surface area contributed by atoms with Crippen molar-refractivity contribution in [2.45, 2.75) is 81.3 Å². The van der Waals surface area contributed by atoms with Gasteiger partial charge in [-0.3, -0.25) is 27.5 Å². The molecule has 0 bridgehead atoms. The second-order valence-electron chi connectivity index (χ2n) is 14.1. The van der Waals surface area contributed by atoms with Crippen LogP contribution in [0.3, 0.4) is 0 Å². The van der Waals surface area contributed by atoms with Crippen molar-refractivity contribution in [3.05, 3.63) is 75.7 Å². The van der Waals surface area contributed by atoms with Crippen molar-refractivity contribution < 1.29 is 71.0 Å². The lowest BCUT2D eigenvalue weighted by Crippen LogP contribution is -2.43. The third-order valence-corrected chi connectivity index (χ3v) is 11.2. The molecule has 9 atom stereocenters. The standard InChI is InChI=1S/C33H43N13O16P2/c34-18(6-3-4-9-38-33(50)56-12-17-5-1-2-7-19(17)43-44-37)31(48)61-27-22(60-30(26(27)47)46-16-41-25-28(36)39-15-40-29(25)46)14-58-64(54,55)62-20-11-24(45-10-8-23(35)42-32(45)49)59-21(20)13-57-63(51,52)53/h1-2,5,7-8,10,15-16,18,20-22,24,26-27,30,47H,3-4,6,9,11-14,34H2,(H,38,50)(H,54,55)(H2,35,42,49)(H2,36,39,40)(H2,51,52,53)/t18-,20-,21+,22+,24+,26+,27+,30?/m0/s1. The maximum atomic E-state index is 13.4. The summed E-state index contributed by atoms with van der Waals surface area (Å²) in [4.78, 5) is 86.0. The van der Waals surface area contributed by atoms with Gasteiger partial charge in [-0.2, -0.15) is 4.98 Å². The van der Waals surface area contributed by atoms with Crippen LogP contribution in [0, 0.1) is 0 Å². The summed E-state index contributed by atoms with van der Waals surface area (Å²) in [6.07, 6.45) is -7.11. The van der Waals surface area contributed by atoms with Crippen molar-refractivity contribution in [1.82, 2.24) is 34.4 Å². The minimum atomic E-state index is -5.20. The van der Waals surface area contributed by atoms with Crippen LogP contribution in [0.2, 0.25) is 0 Å². The number of aliphatic hydroxyl groups excluding tert-OH is 1. The SMILES string of the molecule is [N-]=[N+]=Nc1ccccc1COC(=O)NCCCC[C@H](N)C(=O)O[C@@H]1[C@@H](COP(=O)(O)O[C@H]2C[C@H](n3ccc(N)nc3=O)O[C@@H]2COP(=O)(O)O)OC(n2cnc3c(N)ncnc32)[C@@H]1O. The predicted molar refractivity (Wildman–Crippen MR) is 215 cm³/mol. The summed E-state index contributed by atoms with van der Waals surface area (Å²) in [6, 6.07) is 6.58. The number of anilines is 2. The lowest BCUT2D eigenvalue weighted by molar-refractivity contribution is -0.158. The highest BCUT2D eigenvalue weighted by Gasteiger charge is 2.50. The summed E-state index contributed by atoms with van der Waals surface area (Å²) in [5, 5.41) is 17.6. The number of nitrogens with one attached hydrogen (secondary N) is 1. The highest BCUT2D eigenvalue weighted by molar-refractivity contribution is 7.47. The number of carbonyl (C=O) groups excluding carboxylic acids is 2. The van der Waals surface area contributed by atoms with Gasteiger partial charge in [-0.15, -0.1) is 0 Å². The van der Waals surface area contributed by atoms with Gasteiger partial charge in [-0.1, -0.05) is 29.4 Å². The number of nitrogens with two attached hydrogens (primary N) is 3. The van der Waals surface area contributed by atoms with Crippen molar-refractivity contribution in [3.63, 3.8) is 0 Å². The van der Waals surface area contributed by atoms with Gasteiger partial charge < -0.3 is 61.3 Å². The largest absolute Gasteiger partial charge is 0.472 e. The van der Waals surface area contributed by atoms with E-state index in [1.807, 2.05) is 0 Å². The summed E-state index contributed by atoms with van der Waals surface area (Å²) >= 11 is 0. The zero-order valence-corrected chi connectivity index (χ0v) is 35.0. The molecule has 2 unspecified atom stereocenters. The molecule has 2 aliphatic heterocycles. The summed E-state index contributed by atoms with van der Waals surface area (Å²) in [5.74, 6) is -1.10. The smallest absolute Gasteiger partial charge is 0.455 e. The van der Waals surface area contributed by atoms with Crippen LogP contribution in [0.25, 0.3) is 21.6 Å². The van der Waals surface area contributed by atoms with E-state index in [1.54, 1.807) is 24.3 Å². The number of imidazole rings is 1. The Bertz CT molecular complexity index is 2500. The molecule has 0 aliphatic carbocycles. The number of carbonyl (C=O) groups is 2. The van der Waals surface area contributed by atoms with E-state index >= 15 is 0 Å². The van der Waals surface area contributed by atoms with Crippen LogP contribution < -0.4 is 28.2 Å². The van der Waals surface area contributed by atoms with Crippen LogP contribution in [0.15, 0.2) is 59.1 Å². The van der Waals surface area contributed by atoms with Crippen LogP contribution in [0.5, 0.6) is 0 Å². The van der Waals surface area contributed by atoms with Gasteiger partial charge in [0, 0.05) is 29.8 Å². The molecule has 3 aromatic heterocycles. The van der Waals surface area contributed by atoms with Gasteiger partial charge >= 0.3 is 33.4 Å². The monoisotopic (exact) mass is 939 g/mol. The van der Waals surface area contributed by atoms with Gasteiger partial charge in [0.25, 0.3) is 0 Å². The first-order valence-corrected chi connectivity index (χ1v) is 22.1. The second kappa shape index (κ2) is 20.9. The zero-order valence-electron chi connectivity index (χ0n) is 33.2. The number of aliphatic hydroxyl groups is 1. The number of nitrogens with zero attached hydrogens (tertiary/aromatic N) is 9. The number of alkyl carbamates (subject to hydrolysis) is 1. The van der Waals surface area contributed by atoms with Gasteiger partial charge in [-0.05, 0) is 36.4 Å². The molecule has 64 heavy (non-hydrogen) atoms. The molecule has 29 nitrogen and oxygen atoms in total. The first-order valence-electron chi connectivity index (χ1n) is 19.0. The van der Waals surface area contributed by atoms with Gasteiger partial charge in [0.05, 0.1) is 19.5 Å². The van der Waals surface area contributed by atoms with Gasteiger partial charge in [0.2, 0.25) is 0 Å². The third-order valence-electron chi connectivity index (χ3n) is 9.66. The molecule has 2 aliphatic rings. The fourth-order valence-corrected chi connectivity index (χ4v) is 7.90. The molecule has 0 saturated carbocycles. The second-order valence-corrected chi connectivity index (χ2v) is 16.7. The fourth-order valence-electron chi connectivity index (χ4n) is 6.59. The minimum Gasteiger partial charge on any atom is -0.455 e. The number of amides is 1. The number of fused-ring (bicyclic) bond motifs is 1. The number of hydrogen-bond donors (Lipinski definition) is 8. The van der Waals surface area contributed by atoms with E-state index in [0.717, 1.165) is 10.9 Å². The van der Waals surface area contributed by atoms with Gasteiger partial charge in [0.15, 0.2) is 23.8 Å². The van der Waals surface area contributed by atoms with Crippen LogP contribution in [-0.2, 0) is 53.1 Å². The summed E-state index contributed by atoms with van der Waals surface area (Å²) < 4.78 is 64.8. The normalized spacial score (nSPS) is 23.5. The van der Waals surface area contributed by atoms with E-state index in [-0.39, 0.29) is 48.8 Å². The molecule has 0 spiro atoms. The number of azide groups is 1. The Hall–Kier alpha value is -5.64. The Kier molecular flexibility index (Phi) is 15.6. The lowest BCUT2D eigenvalue weighted by atomic mass is 10.1. The Morgan fingerprint density at radius 3 is 2.56 bits per heavy atom.